The van der Waals surface area contributed by atoms with E-state index >= 15 is 0 Å². The summed E-state index contributed by atoms with van der Waals surface area (Å²) in [6, 6.07) is 66.2. The van der Waals surface area contributed by atoms with Crippen LogP contribution in [0.15, 0.2) is 182 Å². The first-order valence-corrected chi connectivity index (χ1v) is 22.4. The second kappa shape index (κ2) is 17.8. The van der Waals surface area contributed by atoms with Crippen LogP contribution in [-0.2, 0) is 31.9 Å². The van der Waals surface area contributed by atoms with E-state index in [1.165, 1.54) is 21.9 Å². The van der Waals surface area contributed by atoms with Gasteiger partial charge in [0.15, 0.2) is 0 Å². The molecule has 1 N–H and O–H groups in total. The maximum atomic E-state index is 11.3. The number of hydrogen-bond donors (Lipinski definition) is 1. The Morgan fingerprint density at radius 1 is 0.537 bits per heavy atom. The van der Waals surface area contributed by atoms with Gasteiger partial charge in [-0.05, 0) is 92.7 Å². The first kappa shape index (κ1) is 44.8. The molecule has 0 atom stereocenters. The van der Waals surface area contributed by atoms with Crippen LogP contribution < -0.4 is 0 Å². The van der Waals surface area contributed by atoms with Crippen LogP contribution >= 0.6 is 0 Å². The van der Waals surface area contributed by atoms with Gasteiger partial charge < -0.3 is 9.67 Å². The van der Waals surface area contributed by atoms with Crippen LogP contribution in [0.25, 0.3) is 94.6 Å². The largest absolute Gasteiger partial charge is 0.507 e. The summed E-state index contributed by atoms with van der Waals surface area (Å²) in [6.45, 7) is 13.5. The molecule has 0 fully saturated rings. The molecule has 67 heavy (non-hydrogen) atoms. The van der Waals surface area contributed by atoms with E-state index in [2.05, 4.69) is 174 Å². The molecule has 10 rings (SSSR count). The van der Waals surface area contributed by atoms with Gasteiger partial charge in [0.2, 0.25) is 0 Å². The third kappa shape index (κ3) is 8.51. The zero-order valence-electron chi connectivity index (χ0n) is 38.4. The normalized spacial score (nSPS) is 11.7. The van der Waals surface area contributed by atoms with Gasteiger partial charge in [0.05, 0.1) is 28.4 Å². The number of fused-ring (bicyclic) bond motifs is 3. The Balaban J connectivity index is 0.00000562. The molecule has 6 heteroatoms. The van der Waals surface area contributed by atoms with Crippen LogP contribution in [0.1, 0.15) is 58.2 Å². The Bertz CT molecular complexity index is 3500. The number of rotatable bonds is 7. The van der Waals surface area contributed by atoms with Crippen LogP contribution in [0.3, 0.4) is 0 Å². The molecule has 330 valence electrons. The molecule has 0 bridgehead atoms. The van der Waals surface area contributed by atoms with E-state index in [0.717, 1.165) is 66.9 Å². The number of benzene rings is 7. The predicted molar refractivity (Wildman–Crippen MR) is 272 cm³/mol. The minimum absolute atomic E-state index is 0. The molecule has 5 nitrogen and oxygen atoms in total. The fourth-order valence-electron chi connectivity index (χ4n) is 9.04. The number of hydrogen-bond acceptors (Lipinski definition) is 4. The van der Waals surface area contributed by atoms with Gasteiger partial charge in [0, 0.05) is 66.2 Å². The average molecular weight is 1050 g/mol. The van der Waals surface area contributed by atoms with Crippen molar-refractivity contribution in [2.45, 2.75) is 52.4 Å². The quantitative estimate of drug-likeness (QED) is 0.161. The molecular weight excluding hydrogens is 1000 g/mol. The zero-order valence-corrected chi connectivity index (χ0v) is 40.6. The van der Waals surface area contributed by atoms with Crippen molar-refractivity contribution in [2.75, 3.05) is 0 Å². The summed E-state index contributed by atoms with van der Waals surface area (Å²) in [7, 11) is 0. The van der Waals surface area contributed by atoms with Gasteiger partial charge in [0.1, 0.15) is 5.75 Å². The van der Waals surface area contributed by atoms with Gasteiger partial charge in [-0.25, -0.2) is 0 Å². The van der Waals surface area contributed by atoms with E-state index < -0.39 is 0 Å². The monoisotopic (exact) mass is 1050 g/mol. The topological polar surface area (TPSA) is 74.7 Å². The molecule has 0 aliphatic heterocycles. The molecule has 0 saturated heterocycles. The standard InChI is InChI=1S/C61H49N4O.Pt/c1-60(2,3)44-31-42(32-45(37-44)61(4,5)6)43-35-55(52-22-13-15-26-58(52)66)64-56(36-43)53-33-40(27-28-49(53)47-20-11-10-17-41(47)38-62)54-34-39(29-30-63-54)48-23-16-24-51-50-21-12-14-25-57(50)65(59(48)51)46-18-8-7-9-19-46;/h7-32,34-37,66H,1-6H3;/q-1;. The Kier molecular flexibility index (Phi) is 11.9. The van der Waals surface area contributed by atoms with Crippen molar-refractivity contribution in [1.82, 2.24) is 14.5 Å². The van der Waals surface area contributed by atoms with Gasteiger partial charge in [-0.15, -0.1) is 18.2 Å². The summed E-state index contributed by atoms with van der Waals surface area (Å²) in [4.78, 5) is 10.3. The Morgan fingerprint density at radius 3 is 1.88 bits per heavy atom. The second-order valence-electron chi connectivity index (χ2n) is 19.1. The minimum Gasteiger partial charge on any atom is -0.507 e. The van der Waals surface area contributed by atoms with Crippen molar-refractivity contribution in [1.29, 1.82) is 5.26 Å². The van der Waals surface area contributed by atoms with Crippen molar-refractivity contribution in [3.05, 3.63) is 205 Å². The number of phenolic OH excluding ortho intramolecular Hbond substituents is 1. The van der Waals surface area contributed by atoms with Crippen LogP contribution in [0.4, 0.5) is 0 Å². The molecular formula is C61H49N4OPt-. The maximum Gasteiger partial charge on any atom is 0.124 e. The van der Waals surface area contributed by atoms with Gasteiger partial charge in [-0.2, -0.15) is 5.26 Å². The molecule has 0 saturated carbocycles. The van der Waals surface area contributed by atoms with Crippen LogP contribution in [-0.4, -0.2) is 19.6 Å². The van der Waals surface area contributed by atoms with Crippen molar-refractivity contribution >= 4 is 21.8 Å². The van der Waals surface area contributed by atoms with E-state index in [4.69, 9.17) is 9.97 Å². The van der Waals surface area contributed by atoms with Gasteiger partial charge >= 0.3 is 0 Å². The SMILES string of the molecule is CC(C)(C)c1cc(-c2cc(-c3[c-]c(-c4cc(-c5cccc6c7ccccc7n(-c7ccccc7)c56)ccn4)ccc3-c3ccccc3C#N)nc(-c3ccccc3O)c2)cc(C(C)(C)C)c1.[Pt]. The molecule has 0 aliphatic rings. The fourth-order valence-corrected chi connectivity index (χ4v) is 9.04. The van der Waals surface area contributed by atoms with Crippen LogP contribution in [0.2, 0.25) is 0 Å². The molecule has 7 aromatic carbocycles. The number of nitrogens with zero attached hydrogens (tertiary/aromatic N) is 4. The summed E-state index contributed by atoms with van der Waals surface area (Å²) < 4.78 is 2.36. The number of nitriles is 1. The molecule has 3 heterocycles. The average Bonchev–Trinajstić information content (AvgIpc) is 3.68. The Labute approximate surface area is 407 Å². The minimum atomic E-state index is -0.103. The number of pyridine rings is 2. The molecule has 3 aromatic heterocycles. The summed E-state index contributed by atoms with van der Waals surface area (Å²) >= 11 is 0. The number of aromatic hydroxyl groups is 1. The van der Waals surface area contributed by atoms with Gasteiger partial charge in [-0.3, -0.25) is 9.97 Å². The molecule has 0 unspecified atom stereocenters. The smallest absolute Gasteiger partial charge is 0.124 e. The second-order valence-corrected chi connectivity index (χ2v) is 19.1. The number of para-hydroxylation sites is 4. The third-order valence-corrected chi connectivity index (χ3v) is 12.6. The maximum absolute atomic E-state index is 11.3. The van der Waals surface area contributed by atoms with Crippen molar-refractivity contribution in [3.63, 3.8) is 0 Å². The van der Waals surface area contributed by atoms with E-state index in [9.17, 15) is 10.4 Å². The first-order chi connectivity index (χ1) is 31.9. The van der Waals surface area contributed by atoms with E-state index in [-0.39, 0.29) is 37.6 Å². The van der Waals surface area contributed by atoms with E-state index in [0.29, 0.717) is 22.5 Å². The molecule has 10 aromatic rings. The molecule has 0 radical (unpaired) electrons. The third-order valence-electron chi connectivity index (χ3n) is 12.6. The Hall–Kier alpha value is -7.38. The van der Waals surface area contributed by atoms with Gasteiger partial charge in [0.25, 0.3) is 0 Å². The summed E-state index contributed by atoms with van der Waals surface area (Å²) in [5.41, 5.74) is 16.0. The summed E-state index contributed by atoms with van der Waals surface area (Å²) in [5.74, 6) is 0.141. The predicted octanol–water partition coefficient (Wildman–Crippen LogP) is 15.5. The van der Waals surface area contributed by atoms with Crippen molar-refractivity contribution in [3.8, 4) is 84.7 Å². The number of aromatic nitrogens is 3. The van der Waals surface area contributed by atoms with Crippen LogP contribution in [0.5, 0.6) is 5.75 Å². The van der Waals surface area contributed by atoms with Crippen molar-refractivity contribution < 1.29 is 26.2 Å². The summed E-state index contributed by atoms with van der Waals surface area (Å²) in [6.07, 6.45) is 1.87. The Morgan fingerprint density at radius 2 is 1.15 bits per heavy atom. The zero-order chi connectivity index (χ0) is 45.7. The van der Waals surface area contributed by atoms with Crippen LogP contribution in [0, 0.1) is 17.4 Å². The first-order valence-electron chi connectivity index (χ1n) is 22.4. The molecule has 0 aliphatic carbocycles. The fraction of sp³-hybridized carbons (Fsp3) is 0.131. The van der Waals surface area contributed by atoms with Crippen molar-refractivity contribution in [2.24, 2.45) is 0 Å². The summed E-state index contributed by atoms with van der Waals surface area (Å²) in [5, 5.41) is 24.1. The molecule has 0 spiro atoms. The number of phenols is 1. The van der Waals surface area contributed by atoms with E-state index in [1.54, 1.807) is 6.07 Å². The van der Waals surface area contributed by atoms with E-state index in [1.807, 2.05) is 60.8 Å². The molecule has 0 amide bonds. The van der Waals surface area contributed by atoms with Gasteiger partial charge in [-0.1, -0.05) is 173 Å².